The van der Waals surface area contributed by atoms with Crippen LogP contribution in [0, 0.1) is 5.21 Å². The molecule has 0 radical (unpaired) electrons. The number of alkyl halides is 3. The van der Waals surface area contributed by atoms with Crippen LogP contribution in [0.15, 0.2) is 29.4 Å². The molecule has 1 aromatic carbocycles. The van der Waals surface area contributed by atoms with Crippen molar-refractivity contribution in [3.8, 4) is 0 Å². The first kappa shape index (κ1) is 13.5. The fourth-order valence-electron chi connectivity index (χ4n) is 0.925. The van der Waals surface area contributed by atoms with Crippen LogP contribution in [0.3, 0.4) is 0 Å². The first-order valence-corrected chi connectivity index (χ1v) is 3.37. The fourth-order valence-corrected chi connectivity index (χ4v) is 0.925. The molecular formula is C8H5F3NNaO. The van der Waals surface area contributed by atoms with E-state index < -0.39 is 11.7 Å². The van der Waals surface area contributed by atoms with E-state index in [1.807, 2.05) is 0 Å². The minimum absolute atomic E-state index is 0. The van der Waals surface area contributed by atoms with Crippen LogP contribution in [-0.2, 0) is 6.18 Å². The Balaban J connectivity index is 0.00000169. The first-order chi connectivity index (χ1) is 6.05. The quantitative estimate of drug-likeness (QED) is 0.354. The van der Waals surface area contributed by atoms with Gasteiger partial charge in [-0.2, -0.15) is 13.2 Å². The third-order valence-corrected chi connectivity index (χ3v) is 1.46. The van der Waals surface area contributed by atoms with Gasteiger partial charge in [0.2, 0.25) is 0 Å². The van der Waals surface area contributed by atoms with Crippen molar-refractivity contribution in [3.05, 3.63) is 40.6 Å². The van der Waals surface area contributed by atoms with Crippen molar-refractivity contribution in [3.63, 3.8) is 0 Å². The van der Waals surface area contributed by atoms with Crippen molar-refractivity contribution in [2.24, 2.45) is 5.16 Å². The Morgan fingerprint density at radius 3 is 2.29 bits per heavy atom. The van der Waals surface area contributed by atoms with Gasteiger partial charge in [-0.3, -0.25) is 0 Å². The van der Waals surface area contributed by atoms with Crippen molar-refractivity contribution in [1.29, 1.82) is 0 Å². The Labute approximate surface area is 101 Å². The van der Waals surface area contributed by atoms with Gasteiger partial charge in [0.1, 0.15) is 0 Å². The summed E-state index contributed by atoms with van der Waals surface area (Å²) < 4.78 is 36.6. The molecule has 0 aliphatic carbocycles. The zero-order chi connectivity index (χ0) is 9.90. The molecule has 0 N–H and O–H groups in total. The number of hydrogen-bond donors (Lipinski definition) is 0. The van der Waals surface area contributed by atoms with E-state index in [1.54, 1.807) is 0 Å². The number of rotatable bonds is 1. The second kappa shape index (κ2) is 5.38. The van der Waals surface area contributed by atoms with Gasteiger partial charge in [0.05, 0.1) is 5.56 Å². The maximum atomic E-state index is 12.2. The van der Waals surface area contributed by atoms with Crippen molar-refractivity contribution in [1.82, 2.24) is 0 Å². The summed E-state index contributed by atoms with van der Waals surface area (Å²) in [6, 6.07) is 4.75. The molecule has 1 rings (SSSR count). The monoisotopic (exact) mass is 211 g/mol. The van der Waals surface area contributed by atoms with E-state index in [9.17, 15) is 18.4 Å². The first-order valence-electron chi connectivity index (χ1n) is 3.37. The molecule has 70 valence electrons. The van der Waals surface area contributed by atoms with Crippen LogP contribution in [0.2, 0.25) is 0 Å². The molecule has 14 heavy (non-hydrogen) atoms. The minimum Gasteiger partial charge on any atom is -0.792 e. The molecule has 0 aromatic heterocycles. The Bertz CT molecular complexity index is 325. The summed E-state index contributed by atoms with van der Waals surface area (Å²) in [5.74, 6) is 0. The van der Waals surface area contributed by atoms with Crippen LogP contribution in [-0.4, -0.2) is 6.21 Å². The fraction of sp³-hybridized carbons (Fsp3) is 0.125. The Kier molecular flexibility index (Phi) is 5.18. The maximum Gasteiger partial charge on any atom is 1.00 e. The Hall–Kier alpha value is -0.520. The van der Waals surface area contributed by atoms with E-state index in [-0.39, 0.29) is 35.1 Å². The third-order valence-electron chi connectivity index (χ3n) is 1.46. The molecule has 0 aliphatic rings. The van der Waals surface area contributed by atoms with Gasteiger partial charge in [0.25, 0.3) is 0 Å². The van der Waals surface area contributed by atoms with Crippen LogP contribution in [0.25, 0.3) is 0 Å². The summed E-state index contributed by atoms with van der Waals surface area (Å²) in [6.07, 6.45) is -3.80. The SMILES string of the molecule is [Na+].[O-]/N=C\c1ccccc1C(F)(F)F. The summed E-state index contributed by atoms with van der Waals surface area (Å²) in [7, 11) is 0. The predicted octanol–water partition coefficient (Wildman–Crippen LogP) is -0.374. The minimum atomic E-state index is -4.45. The average molecular weight is 211 g/mol. The van der Waals surface area contributed by atoms with Crippen LogP contribution in [0.4, 0.5) is 13.2 Å². The maximum absolute atomic E-state index is 12.2. The van der Waals surface area contributed by atoms with Crippen LogP contribution in [0.1, 0.15) is 11.1 Å². The standard InChI is InChI=1S/C8H6F3NO.Na/c9-8(10,11)7-4-2-1-3-6(7)5-12-13;/h1-5,13H;/q;+1/p-1/b12-5-;. The van der Waals surface area contributed by atoms with Gasteiger partial charge in [0, 0.05) is 11.8 Å². The number of halogens is 3. The van der Waals surface area contributed by atoms with Crippen molar-refractivity contribution < 1.29 is 42.7 Å². The molecule has 0 saturated carbocycles. The van der Waals surface area contributed by atoms with Crippen molar-refractivity contribution in [2.45, 2.75) is 6.18 Å². The number of benzene rings is 1. The predicted molar refractivity (Wildman–Crippen MR) is 42.4 cm³/mol. The molecule has 0 spiro atoms. The zero-order valence-electron chi connectivity index (χ0n) is 7.38. The van der Waals surface area contributed by atoms with Gasteiger partial charge in [-0.1, -0.05) is 18.2 Å². The molecule has 0 aliphatic heterocycles. The van der Waals surface area contributed by atoms with Crippen molar-refractivity contribution in [2.75, 3.05) is 0 Å². The second-order valence-electron chi connectivity index (χ2n) is 2.32. The smallest absolute Gasteiger partial charge is 0.792 e. The number of nitrogens with zero attached hydrogens (tertiary/aromatic N) is 1. The molecule has 0 amide bonds. The molecule has 2 nitrogen and oxygen atoms in total. The summed E-state index contributed by atoms with van der Waals surface area (Å²) in [6.45, 7) is 0. The summed E-state index contributed by atoms with van der Waals surface area (Å²) >= 11 is 0. The summed E-state index contributed by atoms with van der Waals surface area (Å²) in [5.41, 5.74) is -1.07. The van der Waals surface area contributed by atoms with Crippen LogP contribution >= 0.6 is 0 Å². The Morgan fingerprint density at radius 2 is 1.79 bits per heavy atom. The molecule has 0 fully saturated rings. The molecule has 1 aromatic rings. The van der Waals surface area contributed by atoms with Crippen LogP contribution < -0.4 is 29.6 Å². The molecule has 0 bridgehead atoms. The molecule has 0 atom stereocenters. The molecule has 0 unspecified atom stereocenters. The van der Waals surface area contributed by atoms with E-state index in [4.69, 9.17) is 0 Å². The normalized spacial score (nSPS) is 11.4. The van der Waals surface area contributed by atoms with Gasteiger partial charge >= 0.3 is 35.7 Å². The van der Waals surface area contributed by atoms with Gasteiger partial charge in [0.15, 0.2) is 0 Å². The van der Waals surface area contributed by atoms with E-state index in [0.29, 0.717) is 6.21 Å². The third kappa shape index (κ3) is 3.32. The molecular weight excluding hydrogens is 206 g/mol. The van der Waals surface area contributed by atoms with E-state index in [2.05, 4.69) is 5.16 Å². The summed E-state index contributed by atoms with van der Waals surface area (Å²) in [5, 5.41) is 12.1. The van der Waals surface area contributed by atoms with Gasteiger partial charge < -0.3 is 10.4 Å². The molecule has 0 saturated heterocycles. The topological polar surface area (TPSA) is 35.4 Å². The van der Waals surface area contributed by atoms with Gasteiger partial charge in [-0.05, 0) is 6.07 Å². The average Bonchev–Trinajstić information content (AvgIpc) is 2.04. The van der Waals surface area contributed by atoms with Crippen molar-refractivity contribution >= 4 is 6.21 Å². The van der Waals surface area contributed by atoms with E-state index >= 15 is 0 Å². The second-order valence-corrected chi connectivity index (χ2v) is 2.32. The van der Waals surface area contributed by atoms with E-state index in [1.165, 1.54) is 18.2 Å². The Morgan fingerprint density at radius 1 is 1.21 bits per heavy atom. The number of hydrogen-bond acceptors (Lipinski definition) is 2. The van der Waals surface area contributed by atoms with Crippen LogP contribution in [0.5, 0.6) is 0 Å². The molecule has 0 heterocycles. The zero-order valence-corrected chi connectivity index (χ0v) is 9.38. The van der Waals surface area contributed by atoms with Gasteiger partial charge in [-0.25, -0.2) is 0 Å². The molecule has 6 heteroatoms. The largest absolute Gasteiger partial charge is 1.00 e. The summed E-state index contributed by atoms with van der Waals surface area (Å²) in [4.78, 5) is 0. The van der Waals surface area contributed by atoms with E-state index in [0.717, 1.165) is 6.07 Å². The van der Waals surface area contributed by atoms with Gasteiger partial charge in [-0.15, -0.1) is 0 Å².